The monoisotopic (exact) mass is 431 g/mol. The Balaban J connectivity index is 2.26. The summed E-state index contributed by atoms with van der Waals surface area (Å²) >= 11 is 6.06. The lowest BCUT2D eigenvalue weighted by Gasteiger charge is -2.20. The summed E-state index contributed by atoms with van der Waals surface area (Å²) in [5, 5.41) is 9.50. The van der Waals surface area contributed by atoms with Crippen LogP contribution >= 0.6 is 11.6 Å². The molecule has 152 valence electrons. The first-order valence-corrected chi connectivity index (χ1v) is 11.1. The van der Waals surface area contributed by atoms with Crippen molar-refractivity contribution >= 4 is 38.5 Å². The van der Waals surface area contributed by atoms with Crippen molar-refractivity contribution in [2.24, 2.45) is 0 Å². The first-order valence-electron chi connectivity index (χ1n) is 9.20. The van der Waals surface area contributed by atoms with E-state index < -0.39 is 27.2 Å². The molecule has 1 N–H and O–H groups in total. The number of fused-ring (bicyclic) bond motifs is 1. The Labute approximate surface area is 175 Å². The number of hydrogen-bond donors (Lipinski definition) is 1. The number of carboxylic acids is 1. The maximum atomic E-state index is 13.7. The minimum Gasteiger partial charge on any atom is -0.481 e. The standard InChI is InChI=1S/C22H22ClNO4S/c1-4-15-6-8-16(9-7-15)21(5-2)29(27,28)24-19-11-10-18(23)12-17(19)13-20(24)14(3)22(25)26/h5-14,21H,2,4H2,1,3H3,(H,25,26). The molecule has 3 rings (SSSR count). The number of carbonyl (C=O) groups is 1. The van der Waals surface area contributed by atoms with Gasteiger partial charge in [-0.25, -0.2) is 12.4 Å². The van der Waals surface area contributed by atoms with Crippen LogP contribution in [0, 0.1) is 0 Å². The van der Waals surface area contributed by atoms with E-state index in [0.717, 1.165) is 16.0 Å². The molecular formula is C22H22ClNO4S. The topological polar surface area (TPSA) is 76.4 Å². The second-order valence-electron chi connectivity index (χ2n) is 6.89. The molecule has 2 unspecified atom stereocenters. The van der Waals surface area contributed by atoms with Gasteiger partial charge in [0.1, 0.15) is 5.25 Å². The lowest BCUT2D eigenvalue weighted by Crippen LogP contribution is -2.24. The second-order valence-corrected chi connectivity index (χ2v) is 9.23. The predicted octanol–water partition coefficient (Wildman–Crippen LogP) is 5.15. The van der Waals surface area contributed by atoms with Gasteiger partial charge in [-0.2, -0.15) is 0 Å². The third-order valence-electron chi connectivity index (χ3n) is 5.07. The molecule has 5 nitrogen and oxygen atoms in total. The Hall–Kier alpha value is -2.57. The van der Waals surface area contributed by atoms with Crippen LogP contribution in [0.25, 0.3) is 10.9 Å². The number of nitrogens with zero attached hydrogens (tertiary/aromatic N) is 1. The van der Waals surface area contributed by atoms with Crippen molar-refractivity contribution in [2.45, 2.75) is 31.4 Å². The number of aliphatic carboxylic acids is 1. The normalized spacial score (nSPS) is 13.9. The summed E-state index contributed by atoms with van der Waals surface area (Å²) in [7, 11) is -4.04. The third-order valence-corrected chi connectivity index (χ3v) is 7.32. The molecule has 2 aromatic carbocycles. The average molecular weight is 432 g/mol. The van der Waals surface area contributed by atoms with Crippen LogP contribution < -0.4 is 0 Å². The lowest BCUT2D eigenvalue weighted by atomic mass is 10.1. The van der Waals surface area contributed by atoms with Crippen molar-refractivity contribution in [3.63, 3.8) is 0 Å². The summed E-state index contributed by atoms with van der Waals surface area (Å²) in [5.74, 6) is -2.14. The zero-order chi connectivity index (χ0) is 21.3. The highest BCUT2D eigenvalue weighted by atomic mass is 35.5. The van der Waals surface area contributed by atoms with Crippen molar-refractivity contribution in [3.05, 3.63) is 83.0 Å². The Morgan fingerprint density at radius 3 is 2.41 bits per heavy atom. The van der Waals surface area contributed by atoms with E-state index in [1.54, 1.807) is 36.4 Å². The summed E-state index contributed by atoms with van der Waals surface area (Å²) in [5.41, 5.74) is 2.22. The molecule has 2 atom stereocenters. The molecule has 0 aliphatic heterocycles. The van der Waals surface area contributed by atoms with E-state index in [-0.39, 0.29) is 5.69 Å². The first kappa shape index (κ1) is 21.1. The van der Waals surface area contributed by atoms with E-state index in [4.69, 9.17) is 11.6 Å². The van der Waals surface area contributed by atoms with Gasteiger partial charge in [-0.3, -0.25) is 4.79 Å². The summed E-state index contributed by atoms with van der Waals surface area (Å²) in [6.07, 6.45) is 2.21. The minimum atomic E-state index is -4.04. The molecule has 7 heteroatoms. The van der Waals surface area contributed by atoms with Gasteiger partial charge < -0.3 is 5.11 Å². The van der Waals surface area contributed by atoms with Gasteiger partial charge in [-0.15, -0.1) is 6.58 Å². The van der Waals surface area contributed by atoms with Gasteiger partial charge >= 0.3 is 5.97 Å². The highest BCUT2D eigenvalue weighted by Gasteiger charge is 2.32. The third kappa shape index (κ3) is 3.82. The molecule has 3 aromatic rings. The SMILES string of the molecule is C=CC(c1ccc(CC)cc1)S(=O)(=O)n1c(C(C)C(=O)O)cc2cc(Cl)ccc21. The minimum absolute atomic E-state index is 0.173. The smallest absolute Gasteiger partial charge is 0.312 e. The van der Waals surface area contributed by atoms with Crippen LogP contribution in [0.3, 0.4) is 0 Å². The lowest BCUT2D eigenvalue weighted by molar-refractivity contribution is -0.138. The molecule has 0 aliphatic rings. The number of rotatable bonds is 7. The molecular weight excluding hydrogens is 410 g/mol. The Kier molecular flexibility index (Phi) is 5.87. The molecule has 0 aliphatic carbocycles. The van der Waals surface area contributed by atoms with Crippen LogP contribution in [0.1, 0.15) is 41.8 Å². The van der Waals surface area contributed by atoms with E-state index in [2.05, 4.69) is 6.58 Å². The second kappa shape index (κ2) is 8.05. The number of hydrogen-bond acceptors (Lipinski definition) is 3. The van der Waals surface area contributed by atoms with Gasteiger partial charge in [-0.1, -0.05) is 48.9 Å². The highest BCUT2D eigenvalue weighted by Crippen LogP contribution is 2.35. The summed E-state index contributed by atoms with van der Waals surface area (Å²) in [6.45, 7) is 7.21. The number of benzene rings is 2. The molecule has 0 fully saturated rings. The van der Waals surface area contributed by atoms with Crippen molar-refractivity contribution in [1.82, 2.24) is 3.97 Å². The number of halogens is 1. The van der Waals surface area contributed by atoms with Gasteiger partial charge in [-0.05, 0) is 48.7 Å². The van der Waals surface area contributed by atoms with Crippen molar-refractivity contribution in [2.75, 3.05) is 0 Å². The van der Waals surface area contributed by atoms with Gasteiger partial charge in [0.15, 0.2) is 0 Å². The van der Waals surface area contributed by atoms with Crippen LogP contribution in [0.2, 0.25) is 5.02 Å². The predicted molar refractivity (Wildman–Crippen MR) is 116 cm³/mol. The van der Waals surface area contributed by atoms with Crippen molar-refractivity contribution < 1.29 is 18.3 Å². The van der Waals surface area contributed by atoms with E-state index in [1.165, 1.54) is 13.0 Å². The van der Waals surface area contributed by atoms with Crippen LogP contribution in [0.5, 0.6) is 0 Å². The number of carboxylic acid groups (broad SMARTS) is 1. The van der Waals surface area contributed by atoms with Crippen molar-refractivity contribution in [1.29, 1.82) is 0 Å². The molecule has 0 saturated heterocycles. The highest BCUT2D eigenvalue weighted by molar-refractivity contribution is 7.90. The first-order chi connectivity index (χ1) is 13.7. The van der Waals surface area contributed by atoms with Crippen LogP contribution in [-0.2, 0) is 21.2 Å². The molecule has 1 heterocycles. The summed E-state index contributed by atoms with van der Waals surface area (Å²) in [6, 6.07) is 13.7. The van der Waals surface area contributed by atoms with E-state index >= 15 is 0 Å². The zero-order valence-corrected chi connectivity index (χ0v) is 17.7. The fraction of sp³-hybridized carbons (Fsp3) is 0.227. The largest absolute Gasteiger partial charge is 0.481 e. The van der Waals surface area contributed by atoms with Gasteiger partial charge in [0.2, 0.25) is 10.0 Å². The van der Waals surface area contributed by atoms with Crippen LogP contribution in [0.4, 0.5) is 0 Å². The number of aryl methyl sites for hydroxylation is 1. The Morgan fingerprint density at radius 1 is 1.21 bits per heavy atom. The zero-order valence-electron chi connectivity index (χ0n) is 16.2. The van der Waals surface area contributed by atoms with Crippen LogP contribution in [0.15, 0.2) is 61.2 Å². The molecule has 0 saturated carbocycles. The van der Waals surface area contributed by atoms with E-state index in [1.807, 2.05) is 19.1 Å². The van der Waals surface area contributed by atoms with Gasteiger partial charge in [0, 0.05) is 16.1 Å². The summed E-state index contributed by atoms with van der Waals surface area (Å²) in [4.78, 5) is 11.6. The molecule has 1 aromatic heterocycles. The van der Waals surface area contributed by atoms with Gasteiger partial charge in [0.05, 0.1) is 11.4 Å². The number of aromatic nitrogens is 1. The fourth-order valence-electron chi connectivity index (χ4n) is 3.38. The fourth-order valence-corrected chi connectivity index (χ4v) is 5.48. The average Bonchev–Trinajstić information content (AvgIpc) is 3.07. The summed E-state index contributed by atoms with van der Waals surface area (Å²) < 4.78 is 28.5. The molecule has 29 heavy (non-hydrogen) atoms. The Bertz CT molecular complexity index is 1180. The van der Waals surface area contributed by atoms with E-state index in [9.17, 15) is 18.3 Å². The molecule has 0 bridgehead atoms. The quantitative estimate of drug-likeness (QED) is 0.525. The molecule has 0 spiro atoms. The molecule has 0 amide bonds. The van der Waals surface area contributed by atoms with Crippen LogP contribution in [-0.4, -0.2) is 23.5 Å². The van der Waals surface area contributed by atoms with Crippen molar-refractivity contribution in [3.8, 4) is 0 Å². The Morgan fingerprint density at radius 2 is 1.86 bits per heavy atom. The van der Waals surface area contributed by atoms with E-state index in [0.29, 0.717) is 21.5 Å². The maximum absolute atomic E-state index is 13.7. The molecule has 0 radical (unpaired) electrons. The maximum Gasteiger partial charge on any atom is 0.312 e. The van der Waals surface area contributed by atoms with Gasteiger partial charge in [0.25, 0.3) is 0 Å².